The summed E-state index contributed by atoms with van der Waals surface area (Å²) in [6.45, 7) is 1.64. The first-order valence-corrected chi connectivity index (χ1v) is 8.20. The van der Waals surface area contributed by atoms with Crippen LogP contribution in [-0.2, 0) is 14.2 Å². The van der Waals surface area contributed by atoms with Crippen molar-refractivity contribution in [3.63, 3.8) is 0 Å². The van der Waals surface area contributed by atoms with Crippen LogP contribution < -0.4 is 0 Å². The lowest BCUT2D eigenvalue weighted by molar-refractivity contribution is -0.0678. The quantitative estimate of drug-likeness (QED) is 0.795. The fraction of sp³-hybridized carbons (Fsp3) is 0.938. The Morgan fingerprint density at radius 1 is 0.900 bits per heavy atom. The molecule has 3 aliphatic rings. The van der Waals surface area contributed by atoms with Crippen molar-refractivity contribution in [2.75, 3.05) is 20.3 Å². The highest BCUT2D eigenvalue weighted by atomic mass is 16.5. The third kappa shape index (κ3) is 3.53. The Hall–Kier alpha value is -0.610. The standard InChI is InChI=1S/C16H27NO3/c1-18-13-6-8-15(9-7-13)20-14-4-2-12(3-5-14)16-17-10-11-19-16/h12-15H,2-11H2,1H3. The van der Waals surface area contributed by atoms with E-state index >= 15 is 0 Å². The zero-order valence-corrected chi connectivity index (χ0v) is 12.6. The molecule has 114 valence electrons. The Morgan fingerprint density at radius 3 is 2.05 bits per heavy atom. The number of hydrogen-bond donors (Lipinski definition) is 0. The highest BCUT2D eigenvalue weighted by Crippen LogP contribution is 2.32. The maximum absolute atomic E-state index is 6.30. The number of methoxy groups -OCH3 is 1. The summed E-state index contributed by atoms with van der Waals surface area (Å²) in [6.07, 6.45) is 10.7. The highest BCUT2D eigenvalue weighted by Gasteiger charge is 2.30. The molecular formula is C16H27NO3. The van der Waals surface area contributed by atoms with Gasteiger partial charge in [-0.3, -0.25) is 4.99 Å². The number of aliphatic imine (C=N–C) groups is 1. The van der Waals surface area contributed by atoms with Gasteiger partial charge in [0, 0.05) is 13.0 Å². The number of nitrogens with zero attached hydrogens (tertiary/aromatic N) is 1. The molecule has 4 heteroatoms. The lowest BCUT2D eigenvalue weighted by atomic mass is 9.86. The summed E-state index contributed by atoms with van der Waals surface area (Å²) in [4.78, 5) is 4.46. The average Bonchev–Trinajstić information content (AvgIpc) is 3.03. The number of ether oxygens (including phenoxy) is 3. The third-order valence-corrected chi connectivity index (χ3v) is 4.97. The van der Waals surface area contributed by atoms with Gasteiger partial charge < -0.3 is 14.2 Å². The van der Waals surface area contributed by atoms with Crippen molar-refractivity contribution in [3.8, 4) is 0 Å². The van der Waals surface area contributed by atoms with Crippen molar-refractivity contribution in [2.45, 2.75) is 69.7 Å². The molecule has 0 aromatic carbocycles. The second kappa shape index (κ2) is 6.90. The summed E-state index contributed by atoms with van der Waals surface area (Å²) < 4.78 is 17.3. The summed E-state index contributed by atoms with van der Waals surface area (Å²) in [6, 6.07) is 0. The van der Waals surface area contributed by atoms with Crippen LogP contribution in [-0.4, -0.2) is 44.5 Å². The second-order valence-corrected chi connectivity index (χ2v) is 6.31. The Morgan fingerprint density at radius 2 is 1.50 bits per heavy atom. The fourth-order valence-electron chi connectivity index (χ4n) is 3.72. The van der Waals surface area contributed by atoms with E-state index in [1.807, 2.05) is 7.11 Å². The van der Waals surface area contributed by atoms with Crippen molar-refractivity contribution in [1.82, 2.24) is 0 Å². The first-order chi connectivity index (χ1) is 9.85. The van der Waals surface area contributed by atoms with Crippen LogP contribution in [0.4, 0.5) is 0 Å². The molecule has 0 radical (unpaired) electrons. The number of rotatable bonds is 4. The topological polar surface area (TPSA) is 40.0 Å². The Balaban J connectivity index is 1.38. The molecule has 4 nitrogen and oxygen atoms in total. The molecule has 0 aromatic rings. The molecule has 20 heavy (non-hydrogen) atoms. The van der Waals surface area contributed by atoms with Crippen LogP contribution in [0.15, 0.2) is 4.99 Å². The van der Waals surface area contributed by atoms with Gasteiger partial charge in [-0.2, -0.15) is 0 Å². The molecule has 2 fully saturated rings. The van der Waals surface area contributed by atoms with Crippen LogP contribution in [0.5, 0.6) is 0 Å². The van der Waals surface area contributed by atoms with E-state index in [9.17, 15) is 0 Å². The highest BCUT2D eigenvalue weighted by molar-refractivity contribution is 5.79. The predicted octanol–water partition coefficient (Wildman–Crippen LogP) is 2.95. The van der Waals surface area contributed by atoms with Crippen molar-refractivity contribution < 1.29 is 14.2 Å². The monoisotopic (exact) mass is 281 g/mol. The molecule has 0 spiro atoms. The molecule has 3 rings (SSSR count). The maximum Gasteiger partial charge on any atom is 0.186 e. The zero-order valence-electron chi connectivity index (χ0n) is 12.6. The van der Waals surface area contributed by atoms with Gasteiger partial charge in [0.1, 0.15) is 6.61 Å². The van der Waals surface area contributed by atoms with Crippen molar-refractivity contribution in [2.24, 2.45) is 10.9 Å². The maximum atomic E-state index is 6.30. The van der Waals surface area contributed by atoms with Crippen LogP contribution in [0.1, 0.15) is 51.4 Å². The van der Waals surface area contributed by atoms with Gasteiger partial charge in [-0.1, -0.05) is 0 Å². The first kappa shape index (κ1) is 14.3. The van der Waals surface area contributed by atoms with Crippen molar-refractivity contribution in [1.29, 1.82) is 0 Å². The molecule has 1 aliphatic heterocycles. The minimum absolute atomic E-state index is 0.456. The predicted molar refractivity (Wildman–Crippen MR) is 78.1 cm³/mol. The van der Waals surface area contributed by atoms with Gasteiger partial charge in [0.15, 0.2) is 5.90 Å². The normalized spacial score (nSPS) is 38.4. The lowest BCUT2D eigenvalue weighted by Gasteiger charge is -2.34. The van der Waals surface area contributed by atoms with E-state index in [0.29, 0.717) is 24.2 Å². The van der Waals surface area contributed by atoms with Gasteiger partial charge in [-0.05, 0) is 51.4 Å². The van der Waals surface area contributed by atoms with Crippen LogP contribution >= 0.6 is 0 Å². The lowest BCUT2D eigenvalue weighted by Crippen LogP contribution is -2.32. The third-order valence-electron chi connectivity index (χ3n) is 4.97. The first-order valence-electron chi connectivity index (χ1n) is 8.20. The van der Waals surface area contributed by atoms with Crippen LogP contribution in [0.25, 0.3) is 0 Å². The van der Waals surface area contributed by atoms with Gasteiger partial charge in [-0.25, -0.2) is 0 Å². The molecule has 0 saturated heterocycles. The Kier molecular flexibility index (Phi) is 4.94. The van der Waals surface area contributed by atoms with Gasteiger partial charge in [0.05, 0.1) is 24.9 Å². The molecule has 1 heterocycles. The van der Waals surface area contributed by atoms with Crippen LogP contribution in [0.3, 0.4) is 0 Å². The molecule has 0 atom stereocenters. The number of hydrogen-bond acceptors (Lipinski definition) is 4. The van der Waals surface area contributed by atoms with E-state index in [-0.39, 0.29) is 0 Å². The van der Waals surface area contributed by atoms with Gasteiger partial charge in [0.2, 0.25) is 0 Å². The van der Waals surface area contributed by atoms with Gasteiger partial charge >= 0.3 is 0 Å². The summed E-state index contributed by atoms with van der Waals surface area (Å²) in [5.41, 5.74) is 0. The molecule has 0 amide bonds. The van der Waals surface area contributed by atoms with Crippen LogP contribution in [0.2, 0.25) is 0 Å². The molecular weight excluding hydrogens is 254 g/mol. The minimum Gasteiger partial charge on any atom is -0.479 e. The van der Waals surface area contributed by atoms with Gasteiger partial charge in [-0.15, -0.1) is 0 Å². The van der Waals surface area contributed by atoms with E-state index in [4.69, 9.17) is 14.2 Å². The second-order valence-electron chi connectivity index (χ2n) is 6.31. The Labute approximate surface area is 121 Å². The SMILES string of the molecule is COC1CCC(OC2CCC(C3=NCCO3)CC2)CC1. The molecule has 2 saturated carbocycles. The molecule has 0 N–H and O–H groups in total. The minimum atomic E-state index is 0.456. The summed E-state index contributed by atoms with van der Waals surface area (Å²) in [7, 11) is 1.82. The summed E-state index contributed by atoms with van der Waals surface area (Å²) in [5.74, 6) is 1.57. The van der Waals surface area contributed by atoms with E-state index in [1.54, 1.807) is 0 Å². The van der Waals surface area contributed by atoms with E-state index in [0.717, 1.165) is 57.6 Å². The van der Waals surface area contributed by atoms with E-state index in [1.165, 1.54) is 12.8 Å². The van der Waals surface area contributed by atoms with Crippen LogP contribution in [0, 0.1) is 5.92 Å². The summed E-state index contributed by atoms with van der Waals surface area (Å²) >= 11 is 0. The molecule has 0 unspecified atom stereocenters. The van der Waals surface area contributed by atoms with E-state index < -0.39 is 0 Å². The molecule has 2 aliphatic carbocycles. The molecule has 0 bridgehead atoms. The molecule has 0 aromatic heterocycles. The smallest absolute Gasteiger partial charge is 0.186 e. The average molecular weight is 281 g/mol. The fourth-order valence-corrected chi connectivity index (χ4v) is 3.72. The zero-order chi connectivity index (χ0) is 13.8. The van der Waals surface area contributed by atoms with Gasteiger partial charge in [0.25, 0.3) is 0 Å². The summed E-state index contributed by atoms with van der Waals surface area (Å²) in [5, 5.41) is 0. The van der Waals surface area contributed by atoms with E-state index in [2.05, 4.69) is 4.99 Å². The Bertz CT molecular complexity index is 329. The largest absolute Gasteiger partial charge is 0.479 e. The van der Waals surface area contributed by atoms with Crippen molar-refractivity contribution in [3.05, 3.63) is 0 Å². The van der Waals surface area contributed by atoms with Crippen molar-refractivity contribution >= 4 is 5.90 Å².